The molecule has 30 heavy (non-hydrogen) atoms. The third-order valence-electron chi connectivity index (χ3n) is 5.45. The molecule has 0 bridgehead atoms. The van der Waals surface area contributed by atoms with Gasteiger partial charge in [0.05, 0.1) is 5.69 Å². The fourth-order valence-electron chi connectivity index (χ4n) is 3.73. The van der Waals surface area contributed by atoms with Crippen LogP contribution in [0.1, 0.15) is 51.1 Å². The highest BCUT2D eigenvalue weighted by molar-refractivity contribution is 7.20. The first-order chi connectivity index (χ1) is 14.6. The second-order valence-electron chi connectivity index (χ2n) is 7.77. The van der Waals surface area contributed by atoms with E-state index in [2.05, 4.69) is 17.1 Å². The third kappa shape index (κ3) is 3.59. The van der Waals surface area contributed by atoms with E-state index in [4.69, 9.17) is 9.97 Å². The summed E-state index contributed by atoms with van der Waals surface area (Å²) in [4.78, 5) is 28.6. The predicted octanol–water partition coefficient (Wildman–Crippen LogP) is 4.78. The monoisotopic (exact) mass is 414 g/mol. The van der Waals surface area contributed by atoms with Crippen molar-refractivity contribution in [2.24, 2.45) is 4.99 Å². The Morgan fingerprint density at radius 2 is 1.87 bits per heavy atom. The van der Waals surface area contributed by atoms with Crippen molar-refractivity contribution in [3.8, 4) is 0 Å². The molecule has 1 amide bonds. The van der Waals surface area contributed by atoms with E-state index in [0.717, 1.165) is 45.7 Å². The lowest BCUT2D eigenvalue weighted by Crippen LogP contribution is -2.22. The summed E-state index contributed by atoms with van der Waals surface area (Å²) in [7, 11) is 0. The first-order valence-corrected chi connectivity index (χ1v) is 11.0. The lowest BCUT2D eigenvalue weighted by Gasteiger charge is -2.07. The highest BCUT2D eigenvalue weighted by Gasteiger charge is 2.28. The molecule has 1 aliphatic rings. The summed E-state index contributed by atoms with van der Waals surface area (Å²) in [5, 5.41) is 0.994. The van der Waals surface area contributed by atoms with E-state index in [0.29, 0.717) is 22.8 Å². The molecule has 3 heterocycles. The van der Waals surface area contributed by atoms with E-state index < -0.39 is 0 Å². The average Bonchev–Trinajstić information content (AvgIpc) is 3.54. The number of aromatic nitrogens is 3. The van der Waals surface area contributed by atoms with Gasteiger partial charge in [-0.2, -0.15) is 4.99 Å². The van der Waals surface area contributed by atoms with Gasteiger partial charge in [-0.15, -0.1) is 11.3 Å². The quantitative estimate of drug-likeness (QED) is 0.483. The summed E-state index contributed by atoms with van der Waals surface area (Å²) in [5.74, 6) is 1.18. The minimum Gasteiger partial charge on any atom is -0.328 e. The van der Waals surface area contributed by atoms with E-state index in [1.54, 1.807) is 0 Å². The van der Waals surface area contributed by atoms with Gasteiger partial charge >= 0.3 is 0 Å². The number of hydrogen-bond donors (Lipinski definition) is 0. The molecular weight excluding hydrogens is 392 g/mol. The van der Waals surface area contributed by atoms with Gasteiger partial charge < -0.3 is 4.57 Å². The third-order valence-corrected chi connectivity index (χ3v) is 6.63. The Balaban J connectivity index is 1.54. The molecule has 0 unspecified atom stereocenters. The minimum atomic E-state index is -0.226. The lowest BCUT2D eigenvalue weighted by atomic mass is 10.1. The van der Waals surface area contributed by atoms with Gasteiger partial charge in [0.25, 0.3) is 5.91 Å². The Morgan fingerprint density at radius 3 is 2.63 bits per heavy atom. The zero-order valence-electron chi connectivity index (χ0n) is 17.0. The molecule has 0 saturated heterocycles. The number of benzene rings is 1. The van der Waals surface area contributed by atoms with Crippen molar-refractivity contribution in [2.75, 3.05) is 0 Å². The standard InChI is InChI=1S/C24H22N4OS/c1-15-20-16(2)25-22(18-11-12-18)27-24(20)30-21(15)23(29)26-19-10-6-7-13-28(19)14-17-8-4-3-5-9-17/h3-10,13,18H,11-12,14H2,1-2H3. The smallest absolute Gasteiger partial charge is 0.289 e. The number of rotatable bonds is 4. The number of amides is 1. The van der Waals surface area contributed by atoms with Crippen LogP contribution >= 0.6 is 11.3 Å². The van der Waals surface area contributed by atoms with Crippen LogP contribution in [0.2, 0.25) is 0 Å². The van der Waals surface area contributed by atoms with Crippen molar-refractivity contribution in [1.82, 2.24) is 14.5 Å². The fraction of sp³-hybridized carbons (Fsp3) is 0.250. The normalized spacial score (nSPS) is 14.4. The van der Waals surface area contributed by atoms with Crippen LogP contribution in [0.15, 0.2) is 59.7 Å². The summed E-state index contributed by atoms with van der Waals surface area (Å²) >= 11 is 1.43. The zero-order valence-corrected chi connectivity index (χ0v) is 17.8. The van der Waals surface area contributed by atoms with Gasteiger partial charge in [0, 0.05) is 24.0 Å². The molecule has 4 aromatic rings. The number of aryl methyl sites for hydroxylation is 2. The van der Waals surface area contributed by atoms with Gasteiger partial charge in [0.15, 0.2) is 0 Å². The molecule has 0 radical (unpaired) electrons. The molecule has 0 aliphatic heterocycles. The summed E-state index contributed by atoms with van der Waals surface area (Å²) in [6, 6.07) is 15.9. The Hall–Kier alpha value is -3.12. The van der Waals surface area contributed by atoms with Crippen molar-refractivity contribution >= 4 is 27.5 Å². The van der Waals surface area contributed by atoms with Gasteiger partial charge in [0.1, 0.15) is 21.0 Å². The Morgan fingerprint density at radius 1 is 1.10 bits per heavy atom. The maximum absolute atomic E-state index is 13.1. The van der Waals surface area contributed by atoms with Crippen LogP contribution in [0.4, 0.5) is 0 Å². The van der Waals surface area contributed by atoms with Crippen molar-refractivity contribution in [1.29, 1.82) is 0 Å². The second-order valence-corrected chi connectivity index (χ2v) is 8.77. The van der Waals surface area contributed by atoms with Crippen LogP contribution in [0.25, 0.3) is 10.2 Å². The van der Waals surface area contributed by atoms with Gasteiger partial charge in [0.2, 0.25) is 0 Å². The molecule has 6 heteroatoms. The van der Waals surface area contributed by atoms with Gasteiger partial charge in [-0.25, -0.2) is 9.97 Å². The summed E-state index contributed by atoms with van der Waals surface area (Å²) in [5.41, 5.74) is 3.68. The topological polar surface area (TPSA) is 60.1 Å². The first kappa shape index (κ1) is 18.9. The van der Waals surface area contributed by atoms with Gasteiger partial charge in [-0.05, 0) is 49.9 Å². The summed E-state index contributed by atoms with van der Waals surface area (Å²) < 4.78 is 1.99. The van der Waals surface area contributed by atoms with E-state index in [1.807, 2.05) is 61.0 Å². The summed E-state index contributed by atoms with van der Waals surface area (Å²) in [6.45, 7) is 4.64. The first-order valence-electron chi connectivity index (χ1n) is 10.2. The largest absolute Gasteiger partial charge is 0.328 e. The SMILES string of the molecule is Cc1nc(C2CC2)nc2sc(C(=O)N=c3ccccn3Cc3ccccc3)c(C)c12. The van der Waals surface area contributed by atoms with Crippen LogP contribution in [-0.2, 0) is 6.54 Å². The number of thiophene rings is 1. The lowest BCUT2D eigenvalue weighted by molar-refractivity contribution is 0.100. The molecule has 0 atom stereocenters. The molecule has 1 saturated carbocycles. The van der Waals surface area contributed by atoms with Gasteiger partial charge in [-0.1, -0.05) is 36.4 Å². The molecular formula is C24H22N4OS. The fourth-order valence-corrected chi connectivity index (χ4v) is 4.85. The number of carbonyl (C=O) groups excluding carboxylic acids is 1. The molecule has 1 aliphatic carbocycles. The molecule has 150 valence electrons. The van der Waals surface area contributed by atoms with Crippen molar-refractivity contribution in [2.45, 2.75) is 39.2 Å². The number of pyridine rings is 1. The van der Waals surface area contributed by atoms with Crippen molar-refractivity contribution in [3.63, 3.8) is 0 Å². The highest BCUT2D eigenvalue weighted by Crippen LogP contribution is 2.40. The predicted molar refractivity (Wildman–Crippen MR) is 119 cm³/mol. The van der Waals surface area contributed by atoms with Crippen LogP contribution in [0.5, 0.6) is 0 Å². The minimum absolute atomic E-state index is 0.226. The Labute approximate surface area is 178 Å². The number of fused-ring (bicyclic) bond motifs is 1. The van der Waals surface area contributed by atoms with Crippen molar-refractivity contribution < 1.29 is 4.79 Å². The zero-order chi connectivity index (χ0) is 20.7. The Kier molecular flexibility index (Phi) is 4.79. The van der Waals surface area contributed by atoms with E-state index >= 15 is 0 Å². The maximum atomic E-state index is 13.1. The van der Waals surface area contributed by atoms with Crippen LogP contribution in [0, 0.1) is 13.8 Å². The van der Waals surface area contributed by atoms with Crippen LogP contribution in [0.3, 0.4) is 0 Å². The number of nitrogens with zero attached hydrogens (tertiary/aromatic N) is 4. The van der Waals surface area contributed by atoms with E-state index in [9.17, 15) is 4.79 Å². The molecule has 1 fully saturated rings. The molecule has 0 N–H and O–H groups in total. The highest BCUT2D eigenvalue weighted by atomic mass is 32.1. The number of hydrogen-bond acceptors (Lipinski definition) is 4. The molecule has 5 rings (SSSR count). The Bertz CT molecular complexity index is 1320. The average molecular weight is 415 g/mol. The molecule has 0 spiro atoms. The molecule has 3 aromatic heterocycles. The van der Waals surface area contributed by atoms with Gasteiger partial charge in [-0.3, -0.25) is 4.79 Å². The van der Waals surface area contributed by atoms with Crippen molar-refractivity contribution in [3.05, 3.63) is 87.7 Å². The number of carbonyl (C=O) groups is 1. The molecule has 5 nitrogen and oxygen atoms in total. The molecule has 1 aromatic carbocycles. The summed E-state index contributed by atoms with van der Waals surface area (Å²) in [6.07, 6.45) is 4.27. The van der Waals surface area contributed by atoms with E-state index in [-0.39, 0.29) is 5.91 Å². The van der Waals surface area contributed by atoms with Crippen LogP contribution < -0.4 is 5.49 Å². The van der Waals surface area contributed by atoms with Crippen LogP contribution in [-0.4, -0.2) is 20.4 Å². The van der Waals surface area contributed by atoms with E-state index in [1.165, 1.54) is 11.3 Å². The maximum Gasteiger partial charge on any atom is 0.289 e. The second kappa shape index (κ2) is 7.61.